The average molecular weight is 244 g/mol. The molecule has 0 aromatic heterocycles. The van der Waals surface area contributed by atoms with E-state index in [0.717, 1.165) is 0 Å². The van der Waals surface area contributed by atoms with Gasteiger partial charge in [-0.15, -0.1) is 0 Å². The first-order chi connectivity index (χ1) is 7.84. The number of hydrogen-bond acceptors (Lipinski definition) is 4. The molecule has 0 radical (unpaired) electrons. The number of oxime groups is 1. The summed E-state index contributed by atoms with van der Waals surface area (Å²) in [6.45, 7) is 3.54. The average Bonchev–Trinajstić information content (AvgIpc) is 2.34. The maximum absolute atomic E-state index is 11.8. The van der Waals surface area contributed by atoms with Crippen molar-refractivity contribution >= 4 is 17.6 Å². The van der Waals surface area contributed by atoms with E-state index >= 15 is 0 Å². The standard InChI is InChI=1S/C10H20N4O3/c1-6(9(15)12-3)5-14(4)10(16)7(2)8(11)13-17/h6-7,17H,5H2,1-4H3,(H2,11,13)(H,12,15). The molecule has 0 saturated heterocycles. The monoisotopic (exact) mass is 244 g/mol. The van der Waals surface area contributed by atoms with Gasteiger partial charge in [-0.3, -0.25) is 9.59 Å². The molecule has 2 atom stereocenters. The van der Waals surface area contributed by atoms with Crippen molar-refractivity contribution in [3.8, 4) is 0 Å². The van der Waals surface area contributed by atoms with Gasteiger partial charge in [0.25, 0.3) is 0 Å². The second-order valence-corrected chi connectivity index (χ2v) is 3.98. The number of rotatable bonds is 5. The highest BCUT2D eigenvalue weighted by atomic mass is 16.4. The summed E-state index contributed by atoms with van der Waals surface area (Å²) < 4.78 is 0. The maximum atomic E-state index is 11.8. The van der Waals surface area contributed by atoms with E-state index in [9.17, 15) is 9.59 Å². The smallest absolute Gasteiger partial charge is 0.232 e. The van der Waals surface area contributed by atoms with E-state index in [2.05, 4.69) is 10.5 Å². The fraction of sp³-hybridized carbons (Fsp3) is 0.700. The van der Waals surface area contributed by atoms with Gasteiger partial charge < -0.3 is 21.2 Å². The third-order valence-electron chi connectivity index (χ3n) is 2.55. The molecule has 0 aliphatic heterocycles. The molecule has 0 aliphatic rings. The second-order valence-electron chi connectivity index (χ2n) is 3.98. The van der Waals surface area contributed by atoms with Crippen molar-refractivity contribution in [2.24, 2.45) is 22.7 Å². The molecule has 0 aromatic rings. The Morgan fingerprint density at radius 1 is 1.47 bits per heavy atom. The van der Waals surface area contributed by atoms with E-state index in [1.54, 1.807) is 27.9 Å². The topological polar surface area (TPSA) is 108 Å². The SMILES string of the molecule is CNC(=O)C(C)CN(C)C(=O)C(C)C(N)=NO. The van der Waals surface area contributed by atoms with Crippen molar-refractivity contribution in [2.45, 2.75) is 13.8 Å². The first-order valence-electron chi connectivity index (χ1n) is 5.29. The highest BCUT2D eigenvalue weighted by Crippen LogP contribution is 2.05. The highest BCUT2D eigenvalue weighted by molar-refractivity contribution is 6.01. The molecule has 4 N–H and O–H groups in total. The summed E-state index contributed by atoms with van der Waals surface area (Å²) in [4.78, 5) is 24.5. The van der Waals surface area contributed by atoms with Crippen molar-refractivity contribution < 1.29 is 14.8 Å². The van der Waals surface area contributed by atoms with Crippen LogP contribution in [-0.2, 0) is 9.59 Å². The molecular formula is C10H20N4O3. The van der Waals surface area contributed by atoms with E-state index in [4.69, 9.17) is 10.9 Å². The molecule has 0 bridgehead atoms. The molecule has 2 unspecified atom stereocenters. The van der Waals surface area contributed by atoms with Crippen LogP contribution in [0.4, 0.5) is 0 Å². The third-order valence-corrected chi connectivity index (χ3v) is 2.55. The van der Waals surface area contributed by atoms with Crippen molar-refractivity contribution in [1.82, 2.24) is 10.2 Å². The molecule has 0 spiro atoms. The summed E-state index contributed by atoms with van der Waals surface area (Å²) >= 11 is 0. The van der Waals surface area contributed by atoms with Crippen molar-refractivity contribution in [3.05, 3.63) is 0 Å². The number of amides is 2. The molecule has 0 aromatic carbocycles. The molecule has 17 heavy (non-hydrogen) atoms. The van der Waals surface area contributed by atoms with Gasteiger partial charge in [0.1, 0.15) is 0 Å². The molecule has 7 nitrogen and oxygen atoms in total. The summed E-state index contributed by atoms with van der Waals surface area (Å²) in [6, 6.07) is 0. The number of carbonyl (C=O) groups excluding carboxylic acids is 2. The second kappa shape index (κ2) is 6.72. The predicted molar refractivity (Wildman–Crippen MR) is 63.4 cm³/mol. The lowest BCUT2D eigenvalue weighted by Gasteiger charge is -2.23. The van der Waals surface area contributed by atoms with Gasteiger partial charge in [-0.1, -0.05) is 12.1 Å². The molecule has 7 heteroatoms. The van der Waals surface area contributed by atoms with Crippen LogP contribution < -0.4 is 11.1 Å². The van der Waals surface area contributed by atoms with Crippen LogP contribution in [0.5, 0.6) is 0 Å². The van der Waals surface area contributed by atoms with Crippen LogP contribution in [0.2, 0.25) is 0 Å². The molecular weight excluding hydrogens is 224 g/mol. The molecule has 2 amide bonds. The summed E-state index contributed by atoms with van der Waals surface area (Å²) in [5.41, 5.74) is 5.35. The highest BCUT2D eigenvalue weighted by Gasteiger charge is 2.24. The van der Waals surface area contributed by atoms with E-state index < -0.39 is 5.92 Å². The first kappa shape index (κ1) is 15.2. The van der Waals surface area contributed by atoms with E-state index in [0.29, 0.717) is 0 Å². The Kier molecular flexibility index (Phi) is 6.01. The Bertz CT molecular complexity index is 317. The Morgan fingerprint density at radius 2 is 2.00 bits per heavy atom. The third kappa shape index (κ3) is 4.29. The molecule has 0 heterocycles. The minimum absolute atomic E-state index is 0.138. The quantitative estimate of drug-likeness (QED) is 0.255. The van der Waals surface area contributed by atoms with E-state index in [1.165, 1.54) is 4.90 Å². The van der Waals surface area contributed by atoms with Gasteiger partial charge in [0, 0.05) is 20.6 Å². The van der Waals surface area contributed by atoms with E-state index in [1.807, 2.05) is 0 Å². The van der Waals surface area contributed by atoms with Crippen LogP contribution >= 0.6 is 0 Å². The van der Waals surface area contributed by atoms with Crippen molar-refractivity contribution in [2.75, 3.05) is 20.6 Å². The van der Waals surface area contributed by atoms with Crippen LogP contribution in [0.1, 0.15) is 13.8 Å². The Hall–Kier alpha value is -1.79. The minimum atomic E-state index is -0.707. The summed E-state index contributed by atoms with van der Waals surface area (Å²) in [6.07, 6.45) is 0. The predicted octanol–water partition coefficient (Wildman–Crippen LogP) is -0.791. The van der Waals surface area contributed by atoms with Crippen LogP contribution in [0.15, 0.2) is 5.16 Å². The number of amidine groups is 1. The molecule has 98 valence electrons. The zero-order valence-electron chi connectivity index (χ0n) is 10.6. The summed E-state index contributed by atoms with van der Waals surface area (Å²) in [5.74, 6) is -1.60. The normalized spacial score (nSPS) is 14.9. The van der Waals surface area contributed by atoms with Crippen molar-refractivity contribution in [3.63, 3.8) is 0 Å². The van der Waals surface area contributed by atoms with Crippen LogP contribution in [0.25, 0.3) is 0 Å². The number of nitrogens with two attached hydrogens (primary N) is 1. The number of nitrogens with zero attached hydrogens (tertiary/aromatic N) is 2. The summed E-state index contributed by atoms with van der Waals surface area (Å²) in [7, 11) is 3.11. The largest absolute Gasteiger partial charge is 0.409 e. The lowest BCUT2D eigenvalue weighted by atomic mass is 10.1. The van der Waals surface area contributed by atoms with Crippen LogP contribution in [0, 0.1) is 11.8 Å². The number of nitrogens with one attached hydrogen (secondary N) is 1. The molecule has 0 rings (SSSR count). The van der Waals surface area contributed by atoms with Gasteiger partial charge in [-0.05, 0) is 6.92 Å². The lowest BCUT2D eigenvalue weighted by molar-refractivity contribution is -0.133. The molecule has 0 saturated carbocycles. The van der Waals surface area contributed by atoms with Crippen LogP contribution in [-0.4, -0.2) is 48.4 Å². The minimum Gasteiger partial charge on any atom is -0.409 e. The Morgan fingerprint density at radius 3 is 2.41 bits per heavy atom. The van der Waals surface area contributed by atoms with Gasteiger partial charge in [-0.2, -0.15) is 0 Å². The molecule has 0 aliphatic carbocycles. The lowest BCUT2D eigenvalue weighted by Crippen LogP contribution is -2.42. The summed E-state index contributed by atoms with van der Waals surface area (Å²) in [5, 5.41) is 13.8. The molecule has 0 fully saturated rings. The van der Waals surface area contributed by atoms with E-state index in [-0.39, 0.29) is 30.1 Å². The maximum Gasteiger partial charge on any atom is 0.232 e. The van der Waals surface area contributed by atoms with Gasteiger partial charge in [0.2, 0.25) is 11.8 Å². The van der Waals surface area contributed by atoms with Gasteiger partial charge in [-0.25, -0.2) is 0 Å². The Labute approximate surface area is 101 Å². The van der Waals surface area contributed by atoms with Crippen molar-refractivity contribution in [1.29, 1.82) is 0 Å². The fourth-order valence-electron chi connectivity index (χ4n) is 1.37. The van der Waals surface area contributed by atoms with Gasteiger partial charge in [0.15, 0.2) is 5.84 Å². The van der Waals surface area contributed by atoms with Crippen LogP contribution in [0.3, 0.4) is 0 Å². The fourth-order valence-corrected chi connectivity index (χ4v) is 1.37. The van der Waals surface area contributed by atoms with Gasteiger partial charge >= 0.3 is 0 Å². The zero-order chi connectivity index (χ0) is 13.6. The zero-order valence-corrected chi connectivity index (χ0v) is 10.6. The first-order valence-corrected chi connectivity index (χ1v) is 5.29. The Balaban J connectivity index is 4.47. The number of carbonyl (C=O) groups is 2. The number of hydrogen-bond donors (Lipinski definition) is 3. The van der Waals surface area contributed by atoms with Gasteiger partial charge in [0.05, 0.1) is 11.8 Å².